The molecular weight excluding hydrogens is 322 g/mol. The lowest BCUT2D eigenvalue weighted by molar-refractivity contribution is 0.590. The van der Waals surface area contributed by atoms with Crippen LogP contribution < -0.4 is 5.32 Å². The fraction of sp³-hybridized carbons (Fsp3) is 0.250. The molecule has 0 radical (unpaired) electrons. The van der Waals surface area contributed by atoms with E-state index in [-0.39, 0.29) is 6.04 Å². The van der Waals surface area contributed by atoms with Crippen LogP contribution in [0, 0.1) is 6.92 Å². The zero-order valence-electron chi connectivity index (χ0n) is 11.1. The Morgan fingerprint density at radius 1 is 1.21 bits per heavy atom. The third kappa shape index (κ3) is 3.59. The van der Waals surface area contributed by atoms with Crippen molar-refractivity contribution >= 4 is 27.5 Å². The lowest BCUT2D eigenvalue weighted by Crippen LogP contribution is -2.19. The highest BCUT2D eigenvalue weighted by molar-refractivity contribution is 9.10. The van der Waals surface area contributed by atoms with Gasteiger partial charge < -0.3 is 5.32 Å². The summed E-state index contributed by atoms with van der Waals surface area (Å²) >= 11 is 9.53. The van der Waals surface area contributed by atoms with E-state index < -0.39 is 0 Å². The molecule has 0 spiro atoms. The minimum Gasteiger partial charge on any atom is -0.313 e. The van der Waals surface area contributed by atoms with Crippen LogP contribution in [0.1, 0.15) is 22.7 Å². The lowest BCUT2D eigenvalue weighted by atomic mass is 9.96. The molecule has 2 aromatic rings. The van der Waals surface area contributed by atoms with Gasteiger partial charge in [-0.2, -0.15) is 0 Å². The zero-order chi connectivity index (χ0) is 13.8. The van der Waals surface area contributed by atoms with Gasteiger partial charge in [0.2, 0.25) is 0 Å². The van der Waals surface area contributed by atoms with Crippen LogP contribution in [0.4, 0.5) is 0 Å². The number of nitrogens with one attached hydrogen (secondary N) is 1. The van der Waals surface area contributed by atoms with Crippen molar-refractivity contribution in [2.24, 2.45) is 0 Å². The van der Waals surface area contributed by atoms with Crippen molar-refractivity contribution in [3.8, 4) is 0 Å². The predicted octanol–water partition coefficient (Wildman–Crippen LogP) is 4.91. The Balaban J connectivity index is 2.25. The van der Waals surface area contributed by atoms with Crippen molar-refractivity contribution in [3.63, 3.8) is 0 Å². The van der Waals surface area contributed by atoms with E-state index in [1.165, 1.54) is 16.7 Å². The molecule has 0 aromatic heterocycles. The number of halogens is 2. The number of hydrogen-bond donors (Lipinski definition) is 1. The van der Waals surface area contributed by atoms with Crippen molar-refractivity contribution in [1.29, 1.82) is 0 Å². The summed E-state index contributed by atoms with van der Waals surface area (Å²) in [7, 11) is 1.99. The number of aryl methyl sites for hydroxylation is 1. The molecule has 19 heavy (non-hydrogen) atoms. The summed E-state index contributed by atoms with van der Waals surface area (Å²) in [6.45, 7) is 2.15. The topological polar surface area (TPSA) is 12.0 Å². The second-order valence-corrected chi connectivity index (χ2v) is 5.91. The van der Waals surface area contributed by atoms with E-state index >= 15 is 0 Å². The first-order valence-electron chi connectivity index (χ1n) is 6.28. The molecule has 2 aromatic carbocycles. The van der Waals surface area contributed by atoms with E-state index in [2.05, 4.69) is 64.6 Å². The summed E-state index contributed by atoms with van der Waals surface area (Å²) in [6.07, 6.45) is 0.969. The van der Waals surface area contributed by atoms with Gasteiger partial charge >= 0.3 is 0 Å². The monoisotopic (exact) mass is 337 g/mol. The first-order valence-corrected chi connectivity index (χ1v) is 7.45. The van der Waals surface area contributed by atoms with Gasteiger partial charge in [-0.15, -0.1) is 0 Å². The highest BCUT2D eigenvalue weighted by atomic mass is 79.9. The molecule has 0 amide bonds. The quantitative estimate of drug-likeness (QED) is 0.835. The maximum absolute atomic E-state index is 6.05. The Morgan fingerprint density at radius 3 is 2.58 bits per heavy atom. The Morgan fingerprint density at radius 2 is 1.95 bits per heavy atom. The van der Waals surface area contributed by atoms with Gasteiger partial charge in [-0.05, 0) is 65.1 Å². The van der Waals surface area contributed by atoms with Crippen LogP contribution >= 0.6 is 27.5 Å². The molecule has 0 aliphatic heterocycles. The summed E-state index contributed by atoms with van der Waals surface area (Å²) in [4.78, 5) is 0. The molecule has 0 aliphatic rings. The smallest absolute Gasteiger partial charge is 0.0548 e. The van der Waals surface area contributed by atoms with Gasteiger partial charge in [-0.1, -0.05) is 41.9 Å². The Kier molecular flexibility index (Phi) is 5.03. The standard InChI is InChI=1S/C16H17BrClN/c1-11-5-3-4-6-12(11)10-16(19-2)13-7-8-15(18)14(17)9-13/h3-9,16,19H,10H2,1-2H3. The fourth-order valence-electron chi connectivity index (χ4n) is 2.17. The van der Waals surface area contributed by atoms with Gasteiger partial charge in [0.25, 0.3) is 0 Å². The third-order valence-electron chi connectivity index (χ3n) is 3.38. The Hall–Kier alpha value is -0.830. The Bertz CT molecular complexity index is 568. The summed E-state index contributed by atoms with van der Waals surface area (Å²) in [5.41, 5.74) is 3.94. The first-order chi connectivity index (χ1) is 9.11. The molecule has 0 saturated heterocycles. The molecule has 1 atom stereocenters. The summed E-state index contributed by atoms with van der Waals surface area (Å²) in [6, 6.07) is 14.9. The van der Waals surface area contributed by atoms with Gasteiger partial charge in [0.05, 0.1) is 5.02 Å². The van der Waals surface area contributed by atoms with E-state index in [9.17, 15) is 0 Å². The molecule has 100 valence electrons. The van der Waals surface area contributed by atoms with Crippen molar-refractivity contribution in [3.05, 3.63) is 68.7 Å². The molecule has 1 N–H and O–H groups in total. The Labute approximate surface area is 128 Å². The third-order valence-corrected chi connectivity index (χ3v) is 4.59. The van der Waals surface area contributed by atoms with E-state index in [4.69, 9.17) is 11.6 Å². The molecular formula is C16H17BrClN. The molecule has 2 rings (SSSR count). The first kappa shape index (κ1) is 14.6. The van der Waals surface area contributed by atoms with Gasteiger partial charge in [-0.25, -0.2) is 0 Å². The minimum absolute atomic E-state index is 0.287. The SMILES string of the molecule is CNC(Cc1ccccc1C)c1ccc(Cl)c(Br)c1. The number of likely N-dealkylation sites (N-methyl/N-ethyl adjacent to an activating group) is 1. The number of benzene rings is 2. The van der Waals surface area contributed by atoms with Crippen molar-refractivity contribution in [2.45, 2.75) is 19.4 Å². The van der Waals surface area contributed by atoms with Crippen LogP contribution in [0.2, 0.25) is 5.02 Å². The fourth-order valence-corrected chi connectivity index (χ4v) is 2.69. The molecule has 1 unspecified atom stereocenters. The summed E-state index contributed by atoms with van der Waals surface area (Å²) in [5, 5.41) is 4.12. The zero-order valence-corrected chi connectivity index (χ0v) is 13.4. The van der Waals surface area contributed by atoms with Gasteiger partial charge in [0.15, 0.2) is 0 Å². The molecule has 0 bridgehead atoms. The molecule has 0 aliphatic carbocycles. The number of rotatable bonds is 4. The maximum Gasteiger partial charge on any atom is 0.0548 e. The maximum atomic E-state index is 6.05. The molecule has 1 nitrogen and oxygen atoms in total. The second-order valence-electron chi connectivity index (χ2n) is 4.65. The van der Waals surface area contributed by atoms with E-state index in [0.29, 0.717) is 0 Å². The second kappa shape index (κ2) is 6.56. The molecule has 0 fully saturated rings. The van der Waals surface area contributed by atoms with Gasteiger partial charge in [0, 0.05) is 10.5 Å². The number of hydrogen-bond acceptors (Lipinski definition) is 1. The van der Waals surface area contributed by atoms with E-state index in [0.717, 1.165) is 15.9 Å². The lowest BCUT2D eigenvalue weighted by Gasteiger charge is -2.18. The normalized spacial score (nSPS) is 12.4. The van der Waals surface area contributed by atoms with Gasteiger partial charge in [-0.3, -0.25) is 0 Å². The van der Waals surface area contributed by atoms with Crippen LogP contribution in [-0.4, -0.2) is 7.05 Å². The van der Waals surface area contributed by atoms with E-state index in [1.54, 1.807) is 0 Å². The average molecular weight is 339 g/mol. The predicted molar refractivity (Wildman–Crippen MR) is 85.8 cm³/mol. The van der Waals surface area contributed by atoms with Crippen LogP contribution in [0.15, 0.2) is 46.9 Å². The molecule has 0 saturated carbocycles. The minimum atomic E-state index is 0.287. The van der Waals surface area contributed by atoms with Crippen molar-refractivity contribution in [1.82, 2.24) is 5.32 Å². The largest absolute Gasteiger partial charge is 0.313 e. The van der Waals surface area contributed by atoms with Crippen LogP contribution in [0.5, 0.6) is 0 Å². The van der Waals surface area contributed by atoms with E-state index in [1.807, 2.05) is 13.1 Å². The average Bonchev–Trinajstić information content (AvgIpc) is 2.41. The molecule has 3 heteroatoms. The summed E-state index contributed by atoms with van der Waals surface area (Å²) < 4.78 is 0.941. The highest BCUT2D eigenvalue weighted by Gasteiger charge is 2.12. The van der Waals surface area contributed by atoms with Gasteiger partial charge in [0.1, 0.15) is 0 Å². The van der Waals surface area contributed by atoms with Crippen LogP contribution in [-0.2, 0) is 6.42 Å². The summed E-state index contributed by atoms with van der Waals surface area (Å²) in [5.74, 6) is 0. The van der Waals surface area contributed by atoms with Crippen molar-refractivity contribution in [2.75, 3.05) is 7.05 Å². The van der Waals surface area contributed by atoms with Crippen LogP contribution in [0.3, 0.4) is 0 Å². The van der Waals surface area contributed by atoms with Crippen molar-refractivity contribution < 1.29 is 0 Å². The highest BCUT2D eigenvalue weighted by Crippen LogP contribution is 2.28. The van der Waals surface area contributed by atoms with Crippen LogP contribution in [0.25, 0.3) is 0 Å². The molecule has 0 heterocycles.